The van der Waals surface area contributed by atoms with E-state index in [4.69, 9.17) is 22.1 Å². The third-order valence-corrected chi connectivity index (χ3v) is 2.29. The third-order valence-electron chi connectivity index (χ3n) is 2.00. The molecule has 1 rings (SSSR count). The van der Waals surface area contributed by atoms with Gasteiger partial charge in [0.2, 0.25) is 0 Å². The largest absolute Gasteiger partial charge is 0.491 e. The molecule has 0 saturated heterocycles. The van der Waals surface area contributed by atoms with Crippen LogP contribution in [0.2, 0.25) is 5.02 Å². The molecule has 2 N–H and O–H groups in total. The van der Waals surface area contributed by atoms with Crippen LogP contribution < -0.4 is 10.5 Å². The van der Waals surface area contributed by atoms with E-state index in [1.807, 2.05) is 18.2 Å². The Hall–Kier alpha value is -0.730. The summed E-state index contributed by atoms with van der Waals surface area (Å²) in [6, 6.07) is 5.87. The van der Waals surface area contributed by atoms with Gasteiger partial charge in [0, 0.05) is 6.54 Å². The zero-order valence-electron chi connectivity index (χ0n) is 8.59. The number of halogens is 1. The molecular formula is C11H16ClNO. The predicted molar refractivity (Wildman–Crippen MR) is 60.1 cm³/mol. The summed E-state index contributed by atoms with van der Waals surface area (Å²) in [7, 11) is 0. The molecule has 2 nitrogen and oxygen atoms in total. The van der Waals surface area contributed by atoms with Crippen LogP contribution in [0.4, 0.5) is 0 Å². The molecule has 0 aliphatic heterocycles. The van der Waals surface area contributed by atoms with Gasteiger partial charge in [0.1, 0.15) is 12.4 Å². The highest BCUT2D eigenvalue weighted by Crippen LogP contribution is 2.28. The SMILES string of the molecule is CC(C)c1ccc(OCCN)c(Cl)c1. The first-order valence-electron chi connectivity index (χ1n) is 4.77. The van der Waals surface area contributed by atoms with Gasteiger partial charge in [0.15, 0.2) is 0 Å². The second-order valence-electron chi connectivity index (χ2n) is 3.48. The topological polar surface area (TPSA) is 35.2 Å². The maximum absolute atomic E-state index is 6.04. The van der Waals surface area contributed by atoms with Crippen molar-refractivity contribution in [3.05, 3.63) is 28.8 Å². The van der Waals surface area contributed by atoms with Crippen molar-refractivity contribution in [1.82, 2.24) is 0 Å². The van der Waals surface area contributed by atoms with Crippen molar-refractivity contribution in [3.8, 4) is 5.75 Å². The van der Waals surface area contributed by atoms with Crippen LogP contribution in [0.3, 0.4) is 0 Å². The normalized spacial score (nSPS) is 10.6. The molecular weight excluding hydrogens is 198 g/mol. The molecule has 3 heteroatoms. The zero-order chi connectivity index (χ0) is 10.6. The lowest BCUT2D eigenvalue weighted by Gasteiger charge is -2.10. The molecule has 0 saturated carbocycles. The number of hydrogen-bond donors (Lipinski definition) is 1. The van der Waals surface area contributed by atoms with Crippen molar-refractivity contribution in [2.24, 2.45) is 5.73 Å². The monoisotopic (exact) mass is 213 g/mol. The fourth-order valence-electron chi connectivity index (χ4n) is 1.16. The Bertz CT molecular complexity index is 299. The molecule has 0 radical (unpaired) electrons. The molecule has 0 atom stereocenters. The number of benzene rings is 1. The Balaban J connectivity index is 2.79. The first-order chi connectivity index (χ1) is 6.65. The Morgan fingerprint density at radius 1 is 1.43 bits per heavy atom. The number of nitrogens with two attached hydrogens (primary N) is 1. The van der Waals surface area contributed by atoms with E-state index in [-0.39, 0.29) is 0 Å². The van der Waals surface area contributed by atoms with Crippen molar-refractivity contribution in [3.63, 3.8) is 0 Å². The molecule has 0 amide bonds. The molecule has 0 heterocycles. The minimum atomic E-state index is 0.482. The minimum absolute atomic E-state index is 0.482. The van der Waals surface area contributed by atoms with Gasteiger partial charge in [-0.15, -0.1) is 0 Å². The summed E-state index contributed by atoms with van der Waals surface area (Å²) < 4.78 is 5.36. The van der Waals surface area contributed by atoms with Gasteiger partial charge in [-0.05, 0) is 23.6 Å². The molecule has 0 bridgehead atoms. The van der Waals surface area contributed by atoms with E-state index in [1.54, 1.807) is 0 Å². The first-order valence-corrected chi connectivity index (χ1v) is 5.15. The smallest absolute Gasteiger partial charge is 0.137 e. The van der Waals surface area contributed by atoms with Crippen LogP contribution in [-0.4, -0.2) is 13.2 Å². The average molecular weight is 214 g/mol. The number of ether oxygens (including phenoxy) is 1. The second kappa shape index (κ2) is 5.23. The second-order valence-corrected chi connectivity index (χ2v) is 3.89. The van der Waals surface area contributed by atoms with Crippen molar-refractivity contribution >= 4 is 11.6 Å². The van der Waals surface area contributed by atoms with Crippen molar-refractivity contribution in [1.29, 1.82) is 0 Å². The van der Waals surface area contributed by atoms with Crippen LogP contribution >= 0.6 is 11.6 Å². The molecule has 0 aliphatic rings. The molecule has 0 aromatic heterocycles. The van der Waals surface area contributed by atoms with Crippen molar-refractivity contribution < 1.29 is 4.74 Å². The van der Waals surface area contributed by atoms with Crippen LogP contribution in [0, 0.1) is 0 Å². The van der Waals surface area contributed by atoms with E-state index in [0.29, 0.717) is 29.8 Å². The lowest BCUT2D eigenvalue weighted by atomic mass is 10.0. The quantitative estimate of drug-likeness (QED) is 0.835. The van der Waals surface area contributed by atoms with Crippen LogP contribution in [0.1, 0.15) is 25.3 Å². The molecule has 14 heavy (non-hydrogen) atoms. The number of hydrogen-bond acceptors (Lipinski definition) is 2. The fraction of sp³-hybridized carbons (Fsp3) is 0.455. The molecule has 0 unspecified atom stereocenters. The van der Waals surface area contributed by atoms with Crippen molar-refractivity contribution in [2.45, 2.75) is 19.8 Å². The van der Waals surface area contributed by atoms with Crippen LogP contribution in [0.15, 0.2) is 18.2 Å². The standard InChI is InChI=1S/C11H16ClNO/c1-8(2)9-3-4-11(10(12)7-9)14-6-5-13/h3-4,7-8H,5-6,13H2,1-2H3. The van der Waals surface area contributed by atoms with Crippen LogP contribution in [0.5, 0.6) is 5.75 Å². The summed E-state index contributed by atoms with van der Waals surface area (Å²) in [5.41, 5.74) is 6.55. The van der Waals surface area contributed by atoms with E-state index in [2.05, 4.69) is 13.8 Å². The molecule has 1 aromatic carbocycles. The Labute approximate surface area is 90.0 Å². The third kappa shape index (κ3) is 2.89. The highest BCUT2D eigenvalue weighted by molar-refractivity contribution is 6.32. The summed E-state index contributed by atoms with van der Waals surface area (Å²) >= 11 is 6.04. The maximum atomic E-state index is 6.04. The fourth-order valence-corrected chi connectivity index (χ4v) is 1.41. The highest BCUT2D eigenvalue weighted by atomic mass is 35.5. The predicted octanol–water partition coefficient (Wildman–Crippen LogP) is 2.80. The Morgan fingerprint density at radius 3 is 2.64 bits per heavy atom. The summed E-state index contributed by atoms with van der Waals surface area (Å²) in [4.78, 5) is 0. The molecule has 1 aromatic rings. The summed E-state index contributed by atoms with van der Waals surface area (Å²) in [6.45, 7) is 5.27. The van der Waals surface area contributed by atoms with Gasteiger partial charge in [-0.2, -0.15) is 0 Å². The van der Waals surface area contributed by atoms with E-state index in [1.165, 1.54) is 5.56 Å². The lowest BCUT2D eigenvalue weighted by molar-refractivity contribution is 0.328. The molecule has 0 aliphatic carbocycles. The van der Waals surface area contributed by atoms with Crippen LogP contribution in [0.25, 0.3) is 0 Å². The summed E-state index contributed by atoms with van der Waals surface area (Å²) in [6.07, 6.45) is 0. The van der Waals surface area contributed by atoms with E-state index < -0.39 is 0 Å². The van der Waals surface area contributed by atoms with E-state index in [9.17, 15) is 0 Å². The van der Waals surface area contributed by atoms with Gasteiger partial charge in [-0.25, -0.2) is 0 Å². The van der Waals surface area contributed by atoms with Crippen LogP contribution in [-0.2, 0) is 0 Å². The molecule has 0 fully saturated rings. The van der Waals surface area contributed by atoms with Gasteiger partial charge >= 0.3 is 0 Å². The highest BCUT2D eigenvalue weighted by Gasteiger charge is 2.04. The van der Waals surface area contributed by atoms with E-state index >= 15 is 0 Å². The van der Waals surface area contributed by atoms with Crippen molar-refractivity contribution in [2.75, 3.05) is 13.2 Å². The Morgan fingerprint density at radius 2 is 2.14 bits per heavy atom. The molecule has 78 valence electrons. The van der Waals surface area contributed by atoms with Gasteiger partial charge in [0.05, 0.1) is 5.02 Å². The maximum Gasteiger partial charge on any atom is 0.137 e. The summed E-state index contributed by atoms with van der Waals surface area (Å²) in [5, 5.41) is 0.657. The lowest BCUT2D eigenvalue weighted by Crippen LogP contribution is -2.10. The number of rotatable bonds is 4. The van der Waals surface area contributed by atoms with Gasteiger partial charge in [0.25, 0.3) is 0 Å². The average Bonchev–Trinajstić information content (AvgIpc) is 2.15. The molecule has 0 spiro atoms. The van der Waals surface area contributed by atoms with Gasteiger partial charge in [-0.3, -0.25) is 0 Å². The zero-order valence-corrected chi connectivity index (χ0v) is 9.34. The first kappa shape index (κ1) is 11.3. The van der Waals surface area contributed by atoms with Gasteiger partial charge < -0.3 is 10.5 Å². The Kier molecular flexibility index (Phi) is 4.23. The minimum Gasteiger partial charge on any atom is -0.491 e. The van der Waals surface area contributed by atoms with Gasteiger partial charge in [-0.1, -0.05) is 31.5 Å². The summed E-state index contributed by atoms with van der Waals surface area (Å²) in [5.74, 6) is 1.19. The van der Waals surface area contributed by atoms with E-state index in [0.717, 1.165) is 0 Å².